The van der Waals surface area contributed by atoms with Gasteiger partial charge >= 0.3 is 0 Å². The van der Waals surface area contributed by atoms with Crippen LogP contribution in [-0.4, -0.2) is 26.5 Å². The summed E-state index contributed by atoms with van der Waals surface area (Å²) in [5, 5.41) is 3.47. The van der Waals surface area contributed by atoms with Gasteiger partial charge in [0.15, 0.2) is 9.84 Å². The third kappa shape index (κ3) is 3.80. The molecule has 1 aromatic rings. The molecule has 0 bridgehead atoms. The molecule has 2 unspecified atom stereocenters. The predicted molar refractivity (Wildman–Crippen MR) is 79.1 cm³/mol. The summed E-state index contributed by atoms with van der Waals surface area (Å²) in [4.78, 5) is 0. The van der Waals surface area contributed by atoms with Crippen molar-refractivity contribution in [3.8, 4) is 0 Å². The smallest absolute Gasteiger partial charge is 0.150 e. The molecule has 0 saturated carbocycles. The van der Waals surface area contributed by atoms with E-state index >= 15 is 0 Å². The monoisotopic (exact) mass is 281 g/mol. The number of hydrogen-bond acceptors (Lipinski definition) is 3. The van der Waals surface area contributed by atoms with Crippen LogP contribution >= 0.6 is 0 Å². The highest BCUT2D eigenvalue weighted by Gasteiger charge is 2.27. The minimum absolute atomic E-state index is 0.268. The second-order valence-corrected chi connectivity index (χ2v) is 7.99. The van der Waals surface area contributed by atoms with Crippen LogP contribution in [0.1, 0.15) is 36.1 Å². The molecule has 0 radical (unpaired) electrons. The number of benzene rings is 1. The Labute approximate surface area is 116 Å². The molecule has 2 atom stereocenters. The van der Waals surface area contributed by atoms with Crippen LogP contribution in [0, 0.1) is 19.8 Å². The van der Waals surface area contributed by atoms with E-state index in [-0.39, 0.29) is 12.0 Å². The van der Waals surface area contributed by atoms with E-state index in [9.17, 15) is 8.42 Å². The van der Waals surface area contributed by atoms with E-state index in [1.165, 1.54) is 16.7 Å². The Morgan fingerprint density at radius 2 is 2.11 bits per heavy atom. The maximum absolute atomic E-state index is 11.4. The zero-order chi connectivity index (χ0) is 14.0. The Morgan fingerprint density at radius 1 is 1.37 bits per heavy atom. The van der Waals surface area contributed by atoms with Gasteiger partial charge in [-0.1, -0.05) is 23.8 Å². The standard InChI is InChI=1S/C15H23NO2S/c1-11-4-5-15(12(2)8-11)13(3)16-9-14-6-7-19(17,18)10-14/h4-5,8,13-14,16H,6-7,9-10H2,1-3H3. The third-order valence-electron chi connectivity index (χ3n) is 3.93. The summed E-state index contributed by atoms with van der Waals surface area (Å²) < 4.78 is 22.8. The van der Waals surface area contributed by atoms with Crippen molar-refractivity contribution < 1.29 is 8.42 Å². The first kappa shape index (κ1) is 14.5. The molecule has 1 heterocycles. The fourth-order valence-corrected chi connectivity index (χ4v) is 4.66. The van der Waals surface area contributed by atoms with Gasteiger partial charge in [-0.05, 0) is 50.8 Å². The summed E-state index contributed by atoms with van der Waals surface area (Å²) in [7, 11) is -2.76. The molecule has 1 aromatic carbocycles. The summed E-state index contributed by atoms with van der Waals surface area (Å²) in [6.45, 7) is 7.15. The Bertz CT molecular complexity index is 551. The van der Waals surface area contributed by atoms with Crippen LogP contribution in [-0.2, 0) is 9.84 Å². The Hall–Kier alpha value is -0.870. The van der Waals surface area contributed by atoms with Gasteiger partial charge in [-0.25, -0.2) is 8.42 Å². The molecule has 1 aliphatic rings. The highest BCUT2D eigenvalue weighted by molar-refractivity contribution is 7.91. The second kappa shape index (κ2) is 5.63. The quantitative estimate of drug-likeness (QED) is 0.921. The highest BCUT2D eigenvalue weighted by atomic mass is 32.2. The van der Waals surface area contributed by atoms with Gasteiger partial charge < -0.3 is 5.32 Å². The molecule has 1 fully saturated rings. The highest BCUT2D eigenvalue weighted by Crippen LogP contribution is 2.21. The van der Waals surface area contributed by atoms with E-state index < -0.39 is 9.84 Å². The lowest BCUT2D eigenvalue weighted by atomic mass is 9.99. The van der Waals surface area contributed by atoms with Gasteiger partial charge in [0.05, 0.1) is 11.5 Å². The third-order valence-corrected chi connectivity index (χ3v) is 5.77. The minimum atomic E-state index is -2.76. The summed E-state index contributed by atoms with van der Waals surface area (Å²) in [5.41, 5.74) is 3.86. The van der Waals surface area contributed by atoms with E-state index in [0.29, 0.717) is 11.5 Å². The van der Waals surface area contributed by atoms with Crippen molar-refractivity contribution in [1.29, 1.82) is 0 Å². The van der Waals surface area contributed by atoms with Gasteiger partial charge in [0.2, 0.25) is 0 Å². The number of hydrogen-bond donors (Lipinski definition) is 1. The van der Waals surface area contributed by atoms with E-state index in [1.54, 1.807) is 0 Å². The fraction of sp³-hybridized carbons (Fsp3) is 0.600. The van der Waals surface area contributed by atoms with Crippen molar-refractivity contribution in [3.05, 3.63) is 34.9 Å². The SMILES string of the molecule is Cc1ccc(C(C)NCC2CCS(=O)(=O)C2)c(C)c1. The summed E-state index contributed by atoms with van der Waals surface area (Å²) in [5.74, 6) is 0.981. The van der Waals surface area contributed by atoms with Crippen molar-refractivity contribution in [1.82, 2.24) is 5.32 Å². The van der Waals surface area contributed by atoms with Gasteiger partial charge in [-0.15, -0.1) is 0 Å². The van der Waals surface area contributed by atoms with E-state index in [2.05, 4.69) is 44.3 Å². The van der Waals surface area contributed by atoms with Gasteiger partial charge in [-0.3, -0.25) is 0 Å². The molecule has 0 aromatic heterocycles. The van der Waals surface area contributed by atoms with Crippen LogP contribution in [0.5, 0.6) is 0 Å². The largest absolute Gasteiger partial charge is 0.310 e. The van der Waals surface area contributed by atoms with Gasteiger partial charge in [0.1, 0.15) is 0 Å². The Kier molecular flexibility index (Phi) is 4.31. The topological polar surface area (TPSA) is 46.2 Å². The maximum Gasteiger partial charge on any atom is 0.150 e. The van der Waals surface area contributed by atoms with Gasteiger partial charge in [0, 0.05) is 6.04 Å². The molecular weight excluding hydrogens is 258 g/mol. The minimum Gasteiger partial charge on any atom is -0.310 e. The lowest BCUT2D eigenvalue weighted by Gasteiger charge is -2.19. The van der Waals surface area contributed by atoms with Crippen molar-refractivity contribution in [3.63, 3.8) is 0 Å². The van der Waals surface area contributed by atoms with Crippen LogP contribution in [0.3, 0.4) is 0 Å². The van der Waals surface area contributed by atoms with Crippen LogP contribution in [0.4, 0.5) is 0 Å². The van der Waals surface area contributed by atoms with Crippen molar-refractivity contribution in [2.24, 2.45) is 5.92 Å². The zero-order valence-electron chi connectivity index (χ0n) is 11.9. The molecule has 19 heavy (non-hydrogen) atoms. The maximum atomic E-state index is 11.4. The van der Waals surface area contributed by atoms with Crippen molar-refractivity contribution >= 4 is 9.84 Å². The number of rotatable bonds is 4. The van der Waals surface area contributed by atoms with E-state index in [1.807, 2.05) is 0 Å². The first-order chi connectivity index (χ1) is 8.87. The molecular formula is C15H23NO2S. The molecule has 0 aliphatic carbocycles. The molecule has 0 spiro atoms. The molecule has 2 rings (SSSR count). The van der Waals surface area contributed by atoms with Crippen LogP contribution < -0.4 is 5.32 Å². The lowest BCUT2D eigenvalue weighted by molar-refractivity contribution is 0.475. The first-order valence-electron chi connectivity index (χ1n) is 6.88. The molecule has 0 amide bonds. The fourth-order valence-electron chi connectivity index (χ4n) is 2.80. The van der Waals surface area contributed by atoms with Gasteiger partial charge in [0.25, 0.3) is 0 Å². The normalized spacial score (nSPS) is 23.4. The van der Waals surface area contributed by atoms with Gasteiger partial charge in [-0.2, -0.15) is 0 Å². The van der Waals surface area contributed by atoms with Crippen LogP contribution in [0.25, 0.3) is 0 Å². The number of aryl methyl sites for hydroxylation is 2. The predicted octanol–water partition coefficient (Wildman–Crippen LogP) is 2.39. The zero-order valence-corrected chi connectivity index (χ0v) is 12.8. The van der Waals surface area contributed by atoms with E-state index in [4.69, 9.17) is 0 Å². The summed E-state index contributed by atoms with van der Waals surface area (Å²) in [6, 6.07) is 6.74. The second-order valence-electron chi connectivity index (χ2n) is 5.76. The molecule has 1 N–H and O–H groups in total. The number of sulfone groups is 1. The molecule has 106 valence electrons. The molecule has 1 saturated heterocycles. The summed E-state index contributed by atoms with van der Waals surface area (Å²) >= 11 is 0. The first-order valence-corrected chi connectivity index (χ1v) is 8.70. The molecule has 4 heteroatoms. The van der Waals surface area contributed by atoms with Crippen LogP contribution in [0.2, 0.25) is 0 Å². The van der Waals surface area contributed by atoms with E-state index in [0.717, 1.165) is 13.0 Å². The number of nitrogens with one attached hydrogen (secondary N) is 1. The Morgan fingerprint density at radius 3 is 2.68 bits per heavy atom. The lowest BCUT2D eigenvalue weighted by Crippen LogP contribution is -2.26. The van der Waals surface area contributed by atoms with Crippen molar-refractivity contribution in [2.45, 2.75) is 33.2 Å². The average Bonchev–Trinajstić information content (AvgIpc) is 2.66. The summed E-state index contributed by atoms with van der Waals surface area (Å²) in [6.07, 6.45) is 0.801. The Balaban J connectivity index is 1.93. The van der Waals surface area contributed by atoms with Crippen molar-refractivity contribution in [2.75, 3.05) is 18.1 Å². The average molecular weight is 281 g/mol. The molecule has 1 aliphatic heterocycles. The van der Waals surface area contributed by atoms with Crippen LogP contribution in [0.15, 0.2) is 18.2 Å². The molecule has 3 nitrogen and oxygen atoms in total.